The average Bonchev–Trinajstić information content (AvgIpc) is 3.12. The van der Waals surface area contributed by atoms with E-state index in [1.807, 2.05) is 0 Å². The van der Waals surface area contributed by atoms with Gasteiger partial charge in [-0.25, -0.2) is 18.7 Å². The first-order valence-electron chi connectivity index (χ1n) is 10.2. The first-order chi connectivity index (χ1) is 14.5. The Bertz CT molecular complexity index is 1020. The van der Waals surface area contributed by atoms with Crippen molar-refractivity contribution in [3.05, 3.63) is 35.5 Å². The molecule has 9 heteroatoms. The summed E-state index contributed by atoms with van der Waals surface area (Å²) >= 11 is 0. The number of aliphatic hydroxyl groups excluding tert-OH is 2. The summed E-state index contributed by atoms with van der Waals surface area (Å²) < 4.78 is 34.6. The lowest BCUT2D eigenvalue weighted by Gasteiger charge is -2.28. The highest BCUT2D eigenvalue weighted by molar-refractivity contribution is 6.02. The molecule has 0 radical (unpaired) electrons. The van der Waals surface area contributed by atoms with Gasteiger partial charge in [0, 0.05) is 18.1 Å². The Labute approximate surface area is 171 Å². The fourth-order valence-electron chi connectivity index (χ4n) is 4.48. The highest BCUT2D eigenvalue weighted by Crippen LogP contribution is 2.45. The molecule has 1 aromatic heterocycles. The van der Waals surface area contributed by atoms with E-state index in [9.17, 15) is 19.0 Å². The molecule has 158 valence electrons. The number of fused-ring (bicyclic) bond motifs is 3. The second kappa shape index (κ2) is 7.64. The van der Waals surface area contributed by atoms with Gasteiger partial charge in [0.2, 0.25) is 5.95 Å². The maximum absolute atomic E-state index is 14.8. The zero-order chi connectivity index (χ0) is 20.8. The summed E-state index contributed by atoms with van der Waals surface area (Å²) in [7, 11) is 0. The summed E-state index contributed by atoms with van der Waals surface area (Å²) in [6, 6.07) is 2.61. The molecule has 3 heterocycles. The van der Waals surface area contributed by atoms with Gasteiger partial charge in [-0.1, -0.05) is 0 Å². The summed E-state index contributed by atoms with van der Waals surface area (Å²) in [5.41, 5.74) is 1.73. The van der Waals surface area contributed by atoms with Crippen LogP contribution in [0.25, 0.3) is 11.3 Å². The van der Waals surface area contributed by atoms with E-state index < -0.39 is 23.8 Å². The van der Waals surface area contributed by atoms with Crippen molar-refractivity contribution in [3.63, 3.8) is 0 Å². The van der Waals surface area contributed by atoms with Gasteiger partial charge in [-0.05, 0) is 43.4 Å². The van der Waals surface area contributed by atoms with Gasteiger partial charge in [0.15, 0.2) is 5.82 Å². The fourth-order valence-corrected chi connectivity index (χ4v) is 4.48. The van der Waals surface area contributed by atoms with Crippen LogP contribution >= 0.6 is 0 Å². The quantitative estimate of drug-likeness (QED) is 0.712. The molecule has 1 aliphatic carbocycles. The number of hydrogen-bond acceptors (Lipinski definition) is 7. The minimum Gasteiger partial charge on any atom is -0.389 e. The van der Waals surface area contributed by atoms with Gasteiger partial charge in [-0.15, -0.1) is 0 Å². The summed E-state index contributed by atoms with van der Waals surface area (Å²) in [6.07, 6.45) is 2.41. The van der Waals surface area contributed by atoms with Gasteiger partial charge in [-0.2, -0.15) is 0 Å². The average molecular weight is 416 g/mol. The third-order valence-corrected chi connectivity index (χ3v) is 6.04. The third kappa shape index (κ3) is 3.36. The van der Waals surface area contributed by atoms with E-state index in [-0.39, 0.29) is 35.9 Å². The van der Waals surface area contributed by atoms with Gasteiger partial charge >= 0.3 is 0 Å². The topological polar surface area (TPSA) is 99.9 Å². The largest absolute Gasteiger partial charge is 0.389 e. The molecule has 1 saturated heterocycles. The van der Waals surface area contributed by atoms with Crippen molar-refractivity contribution >= 4 is 17.3 Å². The summed E-state index contributed by atoms with van der Waals surface area (Å²) in [4.78, 5) is 12.5. The Balaban J connectivity index is 1.48. The number of ether oxygens (including phenoxy) is 1. The normalized spacial score (nSPS) is 27.9. The Morgan fingerprint density at radius 3 is 2.80 bits per heavy atom. The van der Waals surface area contributed by atoms with Crippen molar-refractivity contribution in [1.82, 2.24) is 9.97 Å². The number of rotatable bonds is 3. The number of aromatic nitrogens is 2. The van der Waals surface area contributed by atoms with E-state index in [1.54, 1.807) is 6.07 Å². The Morgan fingerprint density at radius 1 is 1.10 bits per heavy atom. The molecule has 0 bridgehead atoms. The fraction of sp³-hybridized carbons (Fsp3) is 0.476. The lowest BCUT2D eigenvalue weighted by atomic mass is 9.81. The lowest BCUT2D eigenvalue weighted by molar-refractivity contribution is -0.0136. The van der Waals surface area contributed by atoms with Crippen molar-refractivity contribution < 1.29 is 23.7 Å². The Kier molecular flexibility index (Phi) is 4.96. The second-order valence-corrected chi connectivity index (χ2v) is 8.00. The molecule has 1 aromatic carbocycles. The van der Waals surface area contributed by atoms with Gasteiger partial charge in [0.1, 0.15) is 17.2 Å². The van der Waals surface area contributed by atoms with E-state index in [0.29, 0.717) is 36.3 Å². The molecular weight excluding hydrogens is 394 g/mol. The van der Waals surface area contributed by atoms with E-state index >= 15 is 0 Å². The number of anilines is 1. The molecule has 1 saturated carbocycles. The van der Waals surface area contributed by atoms with Crippen molar-refractivity contribution in [2.75, 3.05) is 18.5 Å². The SMILES string of the molecule is OC1CCCC2C1=Nc1c(F)cc(-c3nc(N[C@@H]4CCOC[C@H]4O)ncc3F)cc12. The van der Waals surface area contributed by atoms with Crippen LogP contribution in [-0.2, 0) is 4.74 Å². The third-order valence-electron chi connectivity index (χ3n) is 6.04. The van der Waals surface area contributed by atoms with Gasteiger partial charge in [-0.3, -0.25) is 4.99 Å². The van der Waals surface area contributed by atoms with E-state index in [2.05, 4.69) is 20.3 Å². The highest BCUT2D eigenvalue weighted by atomic mass is 19.1. The Hall–Kier alpha value is -2.49. The first kappa shape index (κ1) is 19.5. The van der Waals surface area contributed by atoms with Crippen LogP contribution in [0.3, 0.4) is 0 Å². The van der Waals surface area contributed by atoms with Crippen LogP contribution in [0.2, 0.25) is 0 Å². The molecule has 4 atom stereocenters. The van der Waals surface area contributed by atoms with Crippen LogP contribution in [-0.4, -0.2) is 57.4 Å². The van der Waals surface area contributed by atoms with Crippen LogP contribution in [0.5, 0.6) is 0 Å². The van der Waals surface area contributed by atoms with Crippen LogP contribution in [0.1, 0.15) is 37.2 Å². The van der Waals surface area contributed by atoms with Crippen LogP contribution < -0.4 is 5.32 Å². The molecule has 2 aliphatic heterocycles. The highest BCUT2D eigenvalue weighted by Gasteiger charge is 2.36. The number of aliphatic imine (C=N–C) groups is 1. The molecule has 7 nitrogen and oxygen atoms in total. The van der Waals surface area contributed by atoms with E-state index in [1.165, 1.54) is 6.07 Å². The number of halogens is 2. The van der Waals surface area contributed by atoms with Gasteiger partial charge in [0.05, 0.1) is 36.8 Å². The maximum atomic E-state index is 14.8. The zero-order valence-corrected chi connectivity index (χ0v) is 16.2. The molecule has 2 unspecified atom stereocenters. The molecule has 2 fully saturated rings. The smallest absolute Gasteiger partial charge is 0.223 e. The second-order valence-electron chi connectivity index (χ2n) is 8.00. The summed E-state index contributed by atoms with van der Waals surface area (Å²) in [5, 5.41) is 23.3. The number of nitrogens with one attached hydrogen (secondary N) is 1. The first-order valence-corrected chi connectivity index (χ1v) is 10.2. The zero-order valence-electron chi connectivity index (χ0n) is 16.2. The minimum absolute atomic E-state index is 0.0273. The summed E-state index contributed by atoms with van der Waals surface area (Å²) in [5.74, 6) is -1.24. The van der Waals surface area contributed by atoms with E-state index in [0.717, 1.165) is 19.0 Å². The predicted octanol–water partition coefficient (Wildman–Crippen LogP) is 2.70. The molecule has 30 heavy (non-hydrogen) atoms. The molecule has 3 aliphatic rings. The summed E-state index contributed by atoms with van der Waals surface area (Å²) in [6.45, 7) is 0.700. The van der Waals surface area contributed by atoms with E-state index in [4.69, 9.17) is 4.74 Å². The lowest BCUT2D eigenvalue weighted by Crippen LogP contribution is -2.42. The van der Waals surface area contributed by atoms with Crippen LogP contribution in [0.15, 0.2) is 23.3 Å². The van der Waals surface area contributed by atoms with Crippen molar-refractivity contribution in [1.29, 1.82) is 0 Å². The monoisotopic (exact) mass is 416 g/mol. The molecule has 5 rings (SSSR count). The van der Waals surface area contributed by atoms with Gasteiger partial charge in [0.25, 0.3) is 0 Å². The minimum atomic E-state index is -0.721. The predicted molar refractivity (Wildman–Crippen MR) is 106 cm³/mol. The molecule has 2 aromatic rings. The van der Waals surface area contributed by atoms with Gasteiger partial charge < -0.3 is 20.3 Å². The number of benzene rings is 1. The Morgan fingerprint density at radius 2 is 1.97 bits per heavy atom. The maximum Gasteiger partial charge on any atom is 0.223 e. The van der Waals surface area contributed by atoms with Crippen molar-refractivity contribution in [2.45, 2.75) is 49.9 Å². The molecule has 0 amide bonds. The molecular formula is C21H22F2N4O3. The standard InChI is InChI=1S/C21H22F2N4O3/c22-13-7-10(6-12-11-2-1-3-16(28)20(11)26-19(12)13)18-14(23)8-24-21(27-18)25-15-4-5-30-9-17(15)29/h6-8,11,15-17,28-29H,1-5,9H2,(H,24,25,27)/t11?,15-,16?,17-/m1/s1. The molecule has 3 N–H and O–H groups in total. The van der Waals surface area contributed by atoms with Crippen LogP contribution in [0, 0.1) is 11.6 Å². The number of nitrogens with zero attached hydrogens (tertiary/aromatic N) is 3. The number of aliphatic hydroxyl groups is 2. The molecule has 0 spiro atoms. The van der Waals surface area contributed by atoms with Crippen molar-refractivity contribution in [3.8, 4) is 11.3 Å². The van der Waals surface area contributed by atoms with Crippen LogP contribution in [0.4, 0.5) is 20.4 Å². The van der Waals surface area contributed by atoms with Crippen molar-refractivity contribution in [2.24, 2.45) is 4.99 Å². The number of hydrogen-bond donors (Lipinski definition) is 3.